The van der Waals surface area contributed by atoms with Gasteiger partial charge in [-0.1, -0.05) is 24.3 Å². The molecule has 22 heavy (non-hydrogen) atoms. The monoisotopic (exact) mass is 306 g/mol. The van der Waals surface area contributed by atoms with E-state index in [4.69, 9.17) is 0 Å². The van der Waals surface area contributed by atoms with E-state index in [9.17, 15) is 9.59 Å². The van der Waals surface area contributed by atoms with Crippen LogP contribution < -0.4 is 10.9 Å². The fourth-order valence-electron chi connectivity index (χ4n) is 1.31. The third-order valence-electron chi connectivity index (χ3n) is 2.23. The Bertz CT molecular complexity index is 491. The highest BCUT2D eigenvalue weighted by atomic mass is 16.6. The Morgan fingerprint density at radius 1 is 0.909 bits per heavy atom. The van der Waals surface area contributed by atoms with Crippen LogP contribution in [-0.2, 0) is 9.47 Å². The number of hydrazone groups is 2. The van der Waals surface area contributed by atoms with E-state index in [1.807, 2.05) is 0 Å². The van der Waals surface area contributed by atoms with Crippen molar-refractivity contribution >= 4 is 24.6 Å². The third-order valence-corrected chi connectivity index (χ3v) is 2.23. The molecule has 0 spiro atoms. The number of nitrogens with zero attached hydrogens (tertiary/aromatic N) is 2. The molecule has 0 heterocycles. The third kappa shape index (κ3) is 7.04. The van der Waals surface area contributed by atoms with Gasteiger partial charge >= 0.3 is 12.2 Å². The highest BCUT2D eigenvalue weighted by Gasteiger charge is 1.97. The number of hydrogen-bond acceptors (Lipinski definition) is 6. The topological polar surface area (TPSA) is 101 Å². The number of carbonyl (C=O) groups is 2. The summed E-state index contributed by atoms with van der Waals surface area (Å²) in [5, 5.41) is 7.48. The number of rotatable bonds is 6. The van der Waals surface area contributed by atoms with Gasteiger partial charge in [-0.15, -0.1) is 0 Å². The number of nitrogens with one attached hydrogen (secondary N) is 2. The minimum atomic E-state index is -0.604. The van der Waals surface area contributed by atoms with Crippen LogP contribution in [0.3, 0.4) is 0 Å². The Morgan fingerprint density at radius 2 is 1.27 bits per heavy atom. The summed E-state index contributed by atoms with van der Waals surface area (Å²) in [6.45, 7) is 3.99. The fraction of sp³-hybridized carbons (Fsp3) is 0.286. The largest absolute Gasteiger partial charge is 0.449 e. The Morgan fingerprint density at radius 3 is 1.59 bits per heavy atom. The van der Waals surface area contributed by atoms with Gasteiger partial charge in [0.25, 0.3) is 0 Å². The smallest absolute Gasteiger partial charge is 0.427 e. The van der Waals surface area contributed by atoms with Crippen molar-refractivity contribution in [3.63, 3.8) is 0 Å². The lowest BCUT2D eigenvalue weighted by Gasteiger charge is -2.00. The van der Waals surface area contributed by atoms with E-state index in [0.29, 0.717) is 0 Å². The van der Waals surface area contributed by atoms with E-state index in [1.54, 1.807) is 38.1 Å². The molecule has 8 nitrogen and oxygen atoms in total. The van der Waals surface area contributed by atoms with Crippen molar-refractivity contribution in [3.05, 3.63) is 35.4 Å². The summed E-state index contributed by atoms with van der Waals surface area (Å²) >= 11 is 0. The molecule has 118 valence electrons. The first kappa shape index (κ1) is 17.2. The van der Waals surface area contributed by atoms with E-state index in [0.717, 1.165) is 11.1 Å². The standard InChI is InChI=1S/C14H18N4O4/c1-3-21-13(19)17-15-9-11-5-7-12(8-6-11)10-16-18-14(20)22-4-2/h5-10H,3-4H2,1-2H3,(H,17,19)(H,18,20). The van der Waals surface area contributed by atoms with E-state index >= 15 is 0 Å². The molecule has 0 aromatic heterocycles. The average Bonchev–Trinajstić information content (AvgIpc) is 2.49. The molecule has 1 aromatic rings. The predicted octanol–water partition coefficient (Wildman–Crippen LogP) is 1.85. The van der Waals surface area contributed by atoms with Crippen molar-refractivity contribution in [1.29, 1.82) is 0 Å². The number of amides is 2. The molecular formula is C14H18N4O4. The van der Waals surface area contributed by atoms with Crippen molar-refractivity contribution in [1.82, 2.24) is 10.9 Å². The number of carbonyl (C=O) groups excluding carboxylic acids is 2. The maximum atomic E-state index is 11.0. The van der Waals surface area contributed by atoms with Gasteiger partial charge in [-0.2, -0.15) is 10.2 Å². The van der Waals surface area contributed by atoms with Crippen molar-refractivity contribution in [2.75, 3.05) is 13.2 Å². The molecule has 0 saturated heterocycles. The van der Waals surface area contributed by atoms with Crippen LogP contribution >= 0.6 is 0 Å². The second-order valence-corrected chi connectivity index (χ2v) is 3.85. The first-order valence-electron chi connectivity index (χ1n) is 6.67. The van der Waals surface area contributed by atoms with Crippen LogP contribution in [0.5, 0.6) is 0 Å². The van der Waals surface area contributed by atoms with Gasteiger partial charge in [0.15, 0.2) is 0 Å². The first-order chi connectivity index (χ1) is 10.7. The van der Waals surface area contributed by atoms with Crippen LogP contribution in [0.25, 0.3) is 0 Å². The fourth-order valence-corrected chi connectivity index (χ4v) is 1.31. The van der Waals surface area contributed by atoms with Gasteiger partial charge in [0.05, 0.1) is 25.6 Å². The zero-order valence-corrected chi connectivity index (χ0v) is 12.4. The lowest BCUT2D eigenvalue weighted by atomic mass is 10.2. The molecule has 0 bridgehead atoms. The quantitative estimate of drug-likeness (QED) is 0.618. The molecular weight excluding hydrogens is 288 g/mol. The molecule has 0 aliphatic heterocycles. The molecule has 0 atom stereocenters. The number of benzene rings is 1. The maximum absolute atomic E-state index is 11.0. The summed E-state index contributed by atoms with van der Waals surface area (Å²) in [4.78, 5) is 22.0. The minimum absolute atomic E-state index is 0.287. The van der Waals surface area contributed by atoms with Gasteiger partial charge in [0, 0.05) is 0 Å². The molecule has 2 amide bonds. The summed E-state index contributed by atoms with van der Waals surface area (Å²) in [5.74, 6) is 0. The zero-order valence-electron chi connectivity index (χ0n) is 12.4. The Kier molecular flexibility index (Phi) is 7.73. The number of hydrogen-bond donors (Lipinski definition) is 2. The summed E-state index contributed by atoms with van der Waals surface area (Å²) in [5.41, 5.74) is 6.02. The van der Waals surface area contributed by atoms with E-state index in [-0.39, 0.29) is 13.2 Å². The maximum Gasteiger partial charge on any atom is 0.427 e. The Balaban J connectivity index is 2.45. The van der Waals surface area contributed by atoms with E-state index < -0.39 is 12.2 Å². The van der Waals surface area contributed by atoms with Crippen LogP contribution in [-0.4, -0.2) is 37.8 Å². The van der Waals surface area contributed by atoms with Crippen molar-refractivity contribution in [2.24, 2.45) is 10.2 Å². The van der Waals surface area contributed by atoms with Gasteiger partial charge < -0.3 is 9.47 Å². The molecule has 8 heteroatoms. The highest BCUT2D eigenvalue weighted by molar-refractivity contribution is 5.85. The summed E-state index contributed by atoms with van der Waals surface area (Å²) < 4.78 is 9.31. The molecule has 0 aliphatic carbocycles. The average molecular weight is 306 g/mol. The molecule has 0 unspecified atom stereocenters. The molecule has 0 fully saturated rings. The first-order valence-corrected chi connectivity index (χ1v) is 6.67. The summed E-state index contributed by atoms with van der Waals surface area (Å²) in [6, 6.07) is 7.12. The van der Waals surface area contributed by atoms with E-state index in [2.05, 4.69) is 30.5 Å². The summed E-state index contributed by atoms with van der Waals surface area (Å²) in [7, 11) is 0. The van der Waals surface area contributed by atoms with Gasteiger partial charge in [-0.25, -0.2) is 20.4 Å². The highest BCUT2D eigenvalue weighted by Crippen LogP contribution is 2.00. The Labute approximate surface area is 128 Å². The van der Waals surface area contributed by atoms with Gasteiger partial charge in [0.1, 0.15) is 0 Å². The van der Waals surface area contributed by atoms with Crippen LogP contribution in [0, 0.1) is 0 Å². The molecule has 2 N–H and O–H groups in total. The van der Waals surface area contributed by atoms with Crippen LogP contribution in [0.4, 0.5) is 9.59 Å². The molecule has 1 aromatic carbocycles. The summed E-state index contributed by atoms with van der Waals surface area (Å²) in [6.07, 6.45) is 1.75. The zero-order chi connectivity index (χ0) is 16.2. The lowest BCUT2D eigenvalue weighted by Crippen LogP contribution is -2.18. The second kappa shape index (κ2) is 9.92. The van der Waals surface area contributed by atoms with Crippen LogP contribution in [0.1, 0.15) is 25.0 Å². The second-order valence-electron chi connectivity index (χ2n) is 3.85. The molecule has 0 aliphatic rings. The van der Waals surface area contributed by atoms with Gasteiger partial charge in [-0.05, 0) is 25.0 Å². The number of ether oxygens (including phenoxy) is 2. The normalized spacial score (nSPS) is 10.6. The van der Waals surface area contributed by atoms with Crippen molar-refractivity contribution in [2.45, 2.75) is 13.8 Å². The molecule has 0 saturated carbocycles. The van der Waals surface area contributed by atoms with Crippen molar-refractivity contribution in [3.8, 4) is 0 Å². The Hall–Kier alpha value is -2.90. The van der Waals surface area contributed by atoms with Gasteiger partial charge in [-0.3, -0.25) is 0 Å². The van der Waals surface area contributed by atoms with Crippen molar-refractivity contribution < 1.29 is 19.1 Å². The predicted molar refractivity (Wildman–Crippen MR) is 81.9 cm³/mol. The van der Waals surface area contributed by atoms with Crippen LogP contribution in [0.15, 0.2) is 34.5 Å². The van der Waals surface area contributed by atoms with E-state index in [1.165, 1.54) is 12.4 Å². The van der Waals surface area contributed by atoms with Crippen LogP contribution in [0.2, 0.25) is 0 Å². The minimum Gasteiger partial charge on any atom is -0.449 e. The molecule has 1 rings (SSSR count). The SMILES string of the molecule is CCOC(=O)NN=Cc1ccc(C=NNC(=O)OCC)cc1. The van der Waals surface area contributed by atoms with Gasteiger partial charge in [0.2, 0.25) is 0 Å². The lowest BCUT2D eigenvalue weighted by molar-refractivity contribution is 0.152. The molecule has 0 radical (unpaired) electrons.